The number of nitrogens with one attached hydrogen (secondary N) is 3. The molecule has 0 saturated heterocycles. The number of carboxylic acid groups (broad SMARTS) is 2. The molecule has 200 valence electrons. The Morgan fingerprint density at radius 3 is 1.89 bits per heavy atom. The number of amides is 3. The lowest BCUT2D eigenvalue weighted by Gasteiger charge is -2.24. The minimum Gasteiger partial charge on any atom is -0.508 e. The van der Waals surface area contributed by atoms with E-state index in [1.165, 1.54) is 24.3 Å². The third-order valence-electron chi connectivity index (χ3n) is 5.15. The molecule has 0 aromatic heterocycles. The number of aliphatic carboxylic acids is 2. The molecular weight excluding hydrogens is 476 g/mol. The molecule has 4 atom stereocenters. The van der Waals surface area contributed by atoms with Crippen LogP contribution in [0.3, 0.4) is 0 Å². The molecule has 3 amide bonds. The van der Waals surface area contributed by atoms with E-state index in [9.17, 15) is 39.3 Å². The summed E-state index contributed by atoms with van der Waals surface area (Å²) in [5.41, 5.74) is 6.32. The third-order valence-corrected chi connectivity index (χ3v) is 5.15. The van der Waals surface area contributed by atoms with Crippen molar-refractivity contribution in [2.45, 2.75) is 63.7 Å². The molecule has 13 nitrogen and oxygen atoms in total. The Morgan fingerprint density at radius 2 is 1.39 bits per heavy atom. The summed E-state index contributed by atoms with van der Waals surface area (Å²) in [6.45, 7) is 2.80. The number of hydrogen-bond acceptors (Lipinski definition) is 8. The molecule has 0 spiro atoms. The van der Waals surface area contributed by atoms with Crippen LogP contribution in [-0.2, 0) is 30.4 Å². The van der Waals surface area contributed by atoms with Crippen LogP contribution in [0.5, 0.6) is 5.75 Å². The van der Waals surface area contributed by atoms with Crippen molar-refractivity contribution in [3.63, 3.8) is 0 Å². The highest BCUT2D eigenvalue weighted by Crippen LogP contribution is 2.12. The van der Waals surface area contributed by atoms with Crippen molar-refractivity contribution in [1.82, 2.24) is 16.0 Å². The molecule has 0 heterocycles. The maximum Gasteiger partial charge on any atom is 0.326 e. The number of carbonyl (C=O) groups is 5. The highest BCUT2D eigenvalue weighted by molar-refractivity contribution is 5.94. The first-order valence-electron chi connectivity index (χ1n) is 11.3. The molecule has 0 bridgehead atoms. The number of aromatic hydroxyl groups is 1. The summed E-state index contributed by atoms with van der Waals surface area (Å²) in [7, 11) is 0. The van der Waals surface area contributed by atoms with Crippen LogP contribution in [0.25, 0.3) is 0 Å². The lowest BCUT2D eigenvalue weighted by molar-refractivity contribution is -0.142. The zero-order chi connectivity index (χ0) is 27.4. The fourth-order valence-electron chi connectivity index (χ4n) is 3.24. The minimum absolute atomic E-state index is 0.0209. The fraction of sp³-hybridized carbons (Fsp3) is 0.522. The average molecular weight is 511 g/mol. The van der Waals surface area contributed by atoms with Gasteiger partial charge in [-0.3, -0.25) is 19.2 Å². The van der Waals surface area contributed by atoms with Gasteiger partial charge in [0.05, 0.1) is 12.6 Å². The number of carboxylic acids is 2. The van der Waals surface area contributed by atoms with Crippen LogP contribution in [-0.4, -0.2) is 80.9 Å². The van der Waals surface area contributed by atoms with Gasteiger partial charge in [0, 0.05) is 12.8 Å². The summed E-state index contributed by atoms with van der Waals surface area (Å²) in [4.78, 5) is 60.4. The third kappa shape index (κ3) is 10.7. The van der Waals surface area contributed by atoms with Gasteiger partial charge >= 0.3 is 11.9 Å². The second kappa shape index (κ2) is 14.6. The quantitative estimate of drug-likeness (QED) is 0.139. The minimum atomic E-state index is -1.58. The average Bonchev–Trinajstić information content (AvgIpc) is 2.79. The Kier molecular flexibility index (Phi) is 12.3. The Bertz CT molecular complexity index is 921. The summed E-state index contributed by atoms with van der Waals surface area (Å²) in [5.74, 6) is -5.15. The van der Waals surface area contributed by atoms with E-state index in [1.807, 2.05) is 13.8 Å². The van der Waals surface area contributed by atoms with E-state index in [2.05, 4.69) is 16.0 Å². The Balaban J connectivity index is 2.90. The summed E-state index contributed by atoms with van der Waals surface area (Å²) >= 11 is 0. The SMILES string of the molecule is CC(C)CC(N)C(=O)NC(CCC(=O)O)C(=O)NC(CO)C(=O)NC(Cc1ccc(O)cc1)C(=O)O. The van der Waals surface area contributed by atoms with Gasteiger partial charge in [-0.15, -0.1) is 0 Å². The standard InChI is InChI=1S/C23H34N4O9/c1-12(2)9-15(24)20(32)25-16(7-8-19(30)31)21(33)27-18(11-28)22(34)26-17(23(35)36)10-13-3-5-14(29)6-4-13/h3-6,12,15-18,28-29H,7-11,24H2,1-2H3,(H,25,32)(H,26,34)(H,27,33)(H,30,31)(H,35,36). The molecule has 1 aromatic carbocycles. The van der Waals surface area contributed by atoms with Gasteiger partial charge in [-0.2, -0.15) is 0 Å². The number of rotatable bonds is 15. The number of hydrogen-bond donors (Lipinski definition) is 8. The molecular formula is C23H34N4O9. The zero-order valence-electron chi connectivity index (χ0n) is 20.1. The van der Waals surface area contributed by atoms with Crippen molar-refractivity contribution in [2.24, 2.45) is 11.7 Å². The van der Waals surface area contributed by atoms with Crippen LogP contribution in [0.1, 0.15) is 38.7 Å². The highest BCUT2D eigenvalue weighted by Gasteiger charge is 2.30. The van der Waals surface area contributed by atoms with Gasteiger partial charge in [-0.25, -0.2) is 4.79 Å². The first-order valence-corrected chi connectivity index (χ1v) is 11.3. The molecule has 1 rings (SSSR count). The summed E-state index contributed by atoms with van der Waals surface area (Å²) < 4.78 is 0. The number of phenolic OH excluding ortho intramolecular Hbond substituents is 1. The predicted octanol–water partition coefficient (Wildman–Crippen LogP) is -1.30. The van der Waals surface area contributed by atoms with Gasteiger partial charge in [0.25, 0.3) is 0 Å². The van der Waals surface area contributed by atoms with Crippen molar-refractivity contribution in [3.8, 4) is 5.75 Å². The van der Waals surface area contributed by atoms with Crippen LogP contribution in [0.15, 0.2) is 24.3 Å². The van der Waals surface area contributed by atoms with Crippen molar-refractivity contribution in [3.05, 3.63) is 29.8 Å². The van der Waals surface area contributed by atoms with Crippen LogP contribution < -0.4 is 21.7 Å². The van der Waals surface area contributed by atoms with Gasteiger partial charge in [0.1, 0.15) is 23.9 Å². The maximum absolute atomic E-state index is 12.8. The number of benzene rings is 1. The molecule has 0 aliphatic heterocycles. The molecule has 36 heavy (non-hydrogen) atoms. The highest BCUT2D eigenvalue weighted by atomic mass is 16.4. The molecule has 0 aliphatic carbocycles. The van der Waals surface area contributed by atoms with Gasteiger partial charge in [0.15, 0.2) is 0 Å². The molecule has 9 N–H and O–H groups in total. The van der Waals surface area contributed by atoms with E-state index in [0.717, 1.165) is 0 Å². The molecule has 0 fully saturated rings. The molecule has 0 aliphatic rings. The van der Waals surface area contributed by atoms with Crippen molar-refractivity contribution < 1.29 is 44.4 Å². The second-order valence-corrected chi connectivity index (χ2v) is 8.74. The normalized spacial score (nSPS) is 14.2. The van der Waals surface area contributed by atoms with Crippen LogP contribution in [0.2, 0.25) is 0 Å². The Morgan fingerprint density at radius 1 is 0.861 bits per heavy atom. The predicted molar refractivity (Wildman–Crippen MR) is 127 cm³/mol. The molecule has 0 radical (unpaired) electrons. The van der Waals surface area contributed by atoms with Gasteiger partial charge in [-0.1, -0.05) is 26.0 Å². The van der Waals surface area contributed by atoms with E-state index in [0.29, 0.717) is 12.0 Å². The van der Waals surface area contributed by atoms with E-state index >= 15 is 0 Å². The van der Waals surface area contributed by atoms with Crippen LogP contribution in [0, 0.1) is 5.92 Å². The fourth-order valence-corrected chi connectivity index (χ4v) is 3.24. The maximum atomic E-state index is 12.8. The first-order chi connectivity index (χ1) is 16.8. The summed E-state index contributed by atoms with van der Waals surface area (Å²) in [5, 5.41) is 44.2. The van der Waals surface area contributed by atoms with E-state index in [4.69, 9.17) is 10.8 Å². The van der Waals surface area contributed by atoms with E-state index in [-0.39, 0.29) is 24.5 Å². The number of phenols is 1. The lowest BCUT2D eigenvalue weighted by Crippen LogP contribution is -2.58. The van der Waals surface area contributed by atoms with Crippen LogP contribution >= 0.6 is 0 Å². The Labute approximate surface area is 208 Å². The van der Waals surface area contributed by atoms with Gasteiger partial charge in [0.2, 0.25) is 17.7 Å². The number of nitrogens with two attached hydrogens (primary N) is 1. The number of aliphatic hydroxyl groups is 1. The first kappa shape index (κ1) is 30.3. The lowest BCUT2D eigenvalue weighted by atomic mass is 10.0. The molecule has 0 saturated carbocycles. The molecule has 4 unspecified atom stereocenters. The monoisotopic (exact) mass is 510 g/mol. The van der Waals surface area contributed by atoms with Gasteiger partial charge in [-0.05, 0) is 36.5 Å². The van der Waals surface area contributed by atoms with E-state index in [1.54, 1.807) is 0 Å². The zero-order valence-corrected chi connectivity index (χ0v) is 20.1. The summed E-state index contributed by atoms with van der Waals surface area (Å²) in [6.07, 6.45) is -0.599. The van der Waals surface area contributed by atoms with Gasteiger partial charge < -0.3 is 42.1 Å². The Hall–Kier alpha value is -3.71. The van der Waals surface area contributed by atoms with E-state index < -0.39 is 66.9 Å². The number of aliphatic hydroxyl groups excluding tert-OH is 1. The summed E-state index contributed by atoms with van der Waals surface area (Å²) in [6, 6.07) is 0.360. The second-order valence-electron chi connectivity index (χ2n) is 8.74. The smallest absolute Gasteiger partial charge is 0.326 e. The van der Waals surface area contributed by atoms with Crippen molar-refractivity contribution in [2.75, 3.05) is 6.61 Å². The van der Waals surface area contributed by atoms with Crippen molar-refractivity contribution in [1.29, 1.82) is 0 Å². The number of carbonyl (C=O) groups excluding carboxylic acids is 3. The topological polar surface area (TPSA) is 228 Å². The largest absolute Gasteiger partial charge is 0.508 e. The van der Waals surface area contributed by atoms with Crippen molar-refractivity contribution >= 4 is 29.7 Å². The molecule has 13 heteroatoms. The molecule has 1 aromatic rings. The van der Waals surface area contributed by atoms with Crippen LogP contribution in [0.4, 0.5) is 0 Å².